The minimum atomic E-state index is -0.00713. The Balaban J connectivity index is 1.32. The molecule has 21 heavy (non-hydrogen) atoms. The maximum atomic E-state index is 11.6. The highest BCUT2D eigenvalue weighted by molar-refractivity contribution is 5.72. The number of rotatable bonds is 4. The number of hydrogen-bond donors (Lipinski definition) is 0. The van der Waals surface area contributed by atoms with Crippen molar-refractivity contribution in [2.75, 3.05) is 26.7 Å². The van der Waals surface area contributed by atoms with Gasteiger partial charge in [-0.25, -0.2) is 0 Å². The lowest BCUT2D eigenvalue weighted by Crippen LogP contribution is -2.47. The summed E-state index contributed by atoms with van der Waals surface area (Å²) in [6.07, 6.45) is 11.5. The third-order valence-corrected chi connectivity index (χ3v) is 6.93. The number of hydrogen-bond acceptors (Lipinski definition) is 3. The lowest BCUT2D eigenvalue weighted by Gasteiger charge is -2.57. The molecule has 0 aromatic rings. The SMILES string of the molecule is COC(=O)C1CCN(CCC23CC4CC(CC(C4)C2)C3)C1. The van der Waals surface area contributed by atoms with Gasteiger partial charge in [-0.2, -0.15) is 0 Å². The average Bonchev–Trinajstić information content (AvgIpc) is 2.92. The maximum absolute atomic E-state index is 11.6. The molecule has 118 valence electrons. The first kappa shape index (κ1) is 14.0. The Morgan fingerprint density at radius 3 is 2.33 bits per heavy atom. The summed E-state index contributed by atoms with van der Waals surface area (Å²) in [6.45, 7) is 3.23. The molecular formula is C18H29NO2. The molecule has 1 unspecified atom stereocenters. The van der Waals surface area contributed by atoms with Crippen molar-refractivity contribution in [1.29, 1.82) is 0 Å². The predicted octanol–water partition coefficient (Wildman–Crippen LogP) is 3.09. The minimum Gasteiger partial charge on any atom is -0.469 e. The van der Waals surface area contributed by atoms with Crippen molar-refractivity contribution in [3.8, 4) is 0 Å². The van der Waals surface area contributed by atoms with Crippen LogP contribution in [0, 0.1) is 29.1 Å². The quantitative estimate of drug-likeness (QED) is 0.746. The molecule has 0 N–H and O–H groups in total. The lowest BCUT2D eigenvalue weighted by atomic mass is 9.49. The Labute approximate surface area is 128 Å². The monoisotopic (exact) mass is 291 g/mol. The van der Waals surface area contributed by atoms with Crippen LogP contribution in [0.25, 0.3) is 0 Å². The number of carbonyl (C=O) groups is 1. The molecule has 5 fully saturated rings. The second-order valence-electron chi connectivity index (χ2n) is 8.48. The Morgan fingerprint density at radius 2 is 1.76 bits per heavy atom. The fraction of sp³-hybridized carbons (Fsp3) is 0.944. The Morgan fingerprint density at radius 1 is 1.14 bits per heavy atom. The Hall–Kier alpha value is -0.570. The Kier molecular flexibility index (Phi) is 3.52. The standard InChI is InChI=1S/C18H29NO2/c1-21-17(20)16-2-4-19(12-16)5-3-18-9-13-6-14(10-18)8-15(7-13)11-18/h13-16H,2-12H2,1H3. The smallest absolute Gasteiger partial charge is 0.310 e. The van der Waals surface area contributed by atoms with Gasteiger partial charge < -0.3 is 9.64 Å². The third-order valence-electron chi connectivity index (χ3n) is 6.93. The van der Waals surface area contributed by atoms with Gasteiger partial charge >= 0.3 is 5.97 Å². The number of esters is 1. The predicted molar refractivity (Wildman–Crippen MR) is 81.8 cm³/mol. The second kappa shape index (κ2) is 5.26. The molecule has 0 radical (unpaired) electrons. The summed E-state index contributed by atoms with van der Waals surface area (Å²) >= 11 is 0. The van der Waals surface area contributed by atoms with Crippen molar-refractivity contribution >= 4 is 5.97 Å². The van der Waals surface area contributed by atoms with E-state index < -0.39 is 0 Å². The minimum absolute atomic E-state index is 0.00713. The molecule has 5 rings (SSSR count). The molecule has 0 spiro atoms. The van der Waals surface area contributed by atoms with Crippen molar-refractivity contribution in [2.45, 2.75) is 51.4 Å². The van der Waals surface area contributed by atoms with Crippen LogP contribution in [-0.4, -0.2) is 37.6 Å². The Bertz CT molecular complexity index is 384. The molecule has 3 heteroatoms. The lowest BCUT2D eigenvalue weighted by molar-refractivity contribution is -0.144. The highest BCUT2D eigenvalue weighted by atomic mass is 16.5. The van der Waals surface area contributed by atoms with Crippen LogP contribution < -0.4 is 0 Å². The molecule has 1 aliphatic heterocycles. The van der Waals surface area contributed by atoms with E-state index in [4.69, 9.17) is 4.74 Å². The van der Waals surface area contributed by atoms with E-state index in [1.54, 1.807) is 0 Å². The molecule has 0 aromatic carbocycles. The molecule has 4 aliphatic carbocycles. The van der Waals surface area contributed by atoms with Crippen LogP contribution in [0.15, 0.2) is 0 Å². The van der Waals surface area contributed by atoms with E-state index in [9.17, 15) is 4.79 Å². The summed E-state index contributed by atoms with van der Waals surface area (Å²) in [5.74, 6) is 3.28. The summed E-state index contributed by atoms with van der Waals surface area (Å²) in [5.41, 5.74) is 0.679. The highest BCUT2D eigenvalue weighted by Gasteiger charge is 2.50. The van der Waals surface area contributed by atoms with Gasteiger partial charge in [-0.1, -0.05) is 0 Å². The van der Waals surface area contributed by atoms with Gasteiger partial charge in [-0.3, -0.25) is 4.79 Å². The molecule has 3 nitrogen and oxygen atoms in total. The van der Waals surface area contributed by atoms with Crippen LogP contribution in [0.3, 0.4) is 0 Å². The summed E-state index contributed by atoms with van der Waals surface area (Å²) in [7, 11) is 1.51. The van der Waals surface area contributed by atoms with Gasteiger partial charge in [-0.05, 0) is 87.6 Å². The maximum Gasteiger partial charge on any atom is 0.310 e. The molecule has 1 heterocycles. The van der Waals surface area contributed by atoms with Gasteiger partial charge in [0, 0.05) is 6.54 Å². The molecular weight excluding hydrogens is 262 g/mol. The number of ether oxygens (including phenoxy) is 1. The molecule has 0 aromatic heterocycles. The van der Waals surface area contributed by atoms with Crippen LogP contribution in [0.1, 0.15) is 51.4 Å². The zero-order chi connectivity index (χ0) is 14.4. The first-order valence-electron chi connectivity index (χ1n) is 8.96. The molecule has 1 atom stereocenters. The number of nitrogens with zero attached hydrogens (tertiary/aromatic N) is 1. The topological polar surface area (TPSA) is 29.5 Å². The van der Waals surface area contributed by atoms with Crippen LogP contribution in [0.2, 0.25) is 0 Å². The highest BCUT2D eigenvalue weighted by Crippen LogP contribution is 2.61. The summed E-state index contributed by atoms with van der Waals surface area (Å²) in [5, 5.41) is 0. The first-order chi connectivity index (χ1) is 10.2. The van der Waals surface area contributed by atoms with Crippen molar-refractivity contribution in [2.24, 2.45) is 29.1 Å². The van der Waals surface area contributed by atoms with Gasteiger partial charge in [0.2, 0.25) is 0 Å². The largest absolute Gasteiger partial charge is 0.469 e. The van der Waals surface area contributed by atoms with Crippen molar-refractivity contribution in [1.82, 2.24) is 4.90 Å². The van der Waals surface area contributed by atoms with E-state index in [1.165, 1.54) is 58.6 Å². The molecule has 4 saturated carbocycles. The zero-order valence-corrected chi connectivity index (χ0v) is 13.4. The second-order valence-corrected chi connectivity index (χ2v) is 8.48. The fourth-order valence-electron chi connectivity index (χ4n) is 6.39. The molecule has 0 amide bonds. The van der Waals surface area contributed by atoms with Crippen LogP contribution in [0.4, 0.5) is 0 Å². The van der Waals surface area contributed by atoms with E-state index in [0.717, 1.165) is 37.3 Å². The zero-order valence-electron chi connectivity index (χ0n) is 13.4. The normalized spacial score (nSPS) is 45.2. The molecule has 4 bridgehead atoms. The summed E-state index contributed by atoms with van der Waals surface area (Å²) in [4.78, 5) is 14.2. The van der Waals surface area contributed by atoms with Crippen LogP contribution in [0.5, 0.6) is 0 Å². The van der Waals surface area contributed by atoms with Crippen LogP contribution >= 0.6 is 0 Å². The average molecular weight is 291 g/mol. The van der Waals surface area contributed by atoms with Crippen molar-refractivity contribution in [3.05, 3.63) is 0 Å². The molecule has 1 saturated heterocycles. The fourth-order valence-corrected chi connectivity index (χ4v) is 6.39. The van der Waals surface area contributed by atoms with Gasteiger partial charge in [0.25, 0.3) is 0 Å². The van der Waals surface area contributed by atoms with E-state index in [-0.39, 0.29) is 11.9 Å². The van der Waals surface area contributed by atoms with E-state index in [2.05, 4.69) is 4.90 Å². The van der Waals surface area contributed by atoms with Gasteiger partial charge in [0.05, 0.1) is 13.0 Å². The van der Waals surface area contributed by atoms with Gasteiger partial charge in [-0.15, -0.1) is 0 Å². The van der Waals surface area contributed by atoms with Crippen molar-refractivity contribution < 1.29 is 9.53 Å². The van der Waals surface area contributed by atoms with E-state index in [0.29, 0.717) is 5.41 Å². The first-order valence-corrected chi connectivity index (χ1v) is 8.96. The van der Waals surface area contributed by atoms with Gasteiger partial charge in [0.15, 0.2) is 0 Å². The van der Waals surface area contributed by atoms with Gasteiger partial charge in [0.1, 0.15) is 0 Å². The van der Waals surface area contributed by atoms with E-state index in [1.807, 2.05) is 0 Å². The number of likely N-dealkylation sites (tertiary alicyclic amines) is 1. The van der Waals surface area contributed by atoms with Crippen molar-refractivity contribution in [3.63, 3.8) is 0 Å². The van der Waals surface area contributed by atoms with E-state index >= 15 is 0 Å². The number of methoxy groups -OCH3 is 1. The number of carbonyl (C=O) groups excluding carboxylic acids is 1. The third kappa shape index (κ3) is 2.62. The molecule has 5 aliphatic rings. The summed E-state index contributed by atoms with van der Waals surface area (Å²) in [6, 6.07) is 0. The summed E-state index contributed by atoms with van der Waals surface area (Å²) < 4.78 is 4.90. The van der Waals surface area contributed by atoms with Crippen LogP contribution in [-0.2, 0) is 9.53 Å².